The maximum absolute atomic E-state index is 13.4. The molecule has 5 amide bonds. The number of hydrogen-bond donors (Lipinski definition) is 2. The molecule has 228 valence electrons. The van der Waals surface area contributed by atoms with Crippen LogP contribution in [0.2, 0.25) is 5.02 Å². The number of methoxy groups -OCH3 is 1. The van der Waals surface area contributed by atoms with E-state index in [-0.39, 0.29) is 29.4 Å². The van der Waals surface area contributed by atoms with Crippen LogP contribution in [-0.4, -0.2) is 37.5 Å². The Bertz CT molecular complexity index is 1790. The average Bonchev–Trinajstić information content (AvgIpc) is 3.04. The highest BCUT2D eigenvalue weighted by atomic mass is 35.5. The predicted molar refractivity (Wildman–Crippen MR) is 170 cm³/mol. The van der Waals surface area contributed by atoms with E-state index in [9.17, 15) is 19.2 Å². The number of amides is 5. The lowest BCUT2D eigenvalue weighted by Gasteiger charge is -2.26. The first-order valence-corrected chi connectivity index (χ1v) is 14.1. The Hall–Kier alpha value is -5.61. The second-order valence-corrected chi connectivity index (χ2v) is 10.3. The van der Waals surface area contributed by atoms with Crippen molar-refractivity contribution in [1.29, 1.82) is 0 Å². The van der Waals surface area contributed by atoms with E-state index in [1.165, 1.54) is 13.2 Å². The van der Waals surface area contributed by atoms with Crippen LogP contribution in [0, 0.1) is 6.92 Å². The fraction of sp³-hybridized carbons (Fsp3) is 0.118. The summed E-state index contributed by atoms with van der Waals surface area (Å²) in [6.07, 6.45) is 1.34. The molecule has 0 unspecified atom stereocenters. The minimum atomic E-state index is -0.868. The van der Waals surface area contributed by atoms with Crippen molar-refractivity contribution in [2.75, 3.05) is 23.9 Å². The number of ether oxygens (including phenoxy) is 3. The van der Waals surface area contributed by atoms with Gasteiger partial charge in [-0.25, -0.2) is 9.69 Å². The van der Waals surface area contributed by atoms with Crippen molar-refractivity contribution < 1.29 is 33.4 Å². The number of aryl methyl sites for hydroxylation is 1. The number of imide groups is 2. The Morgan fingerprint density at radius 1 is 0.911 bits per heavy atom. The molecule has 1 heterocycles. The van der Waals surface area contributed by atoms with Gasteiger partial charge in [0, 0.05) is 10.7 Å². The first-order valence-electron chi connectivity index (χ1n) is 13.8. The molecule has 10 nitrogen and oxygen atoms in total. The lowest BCUT2D eigenvalue weighted by molar-refractivity contribution is -0.122. The van der Waals surface area contributed by atoms with Gasteiger partial charge in [-0.1, -0.05) is 54.1 Å². The Morgan fingerprint density at radius 2 is 1.67 bits per heavy atom. The fourth-order valence-corrected chi connectivity index (χ4v) is 4.58. The molecule has 5 rings (SSSR count). The minimum absolute atomic E-state index is 0.258. The summed E-state index contributed by atoms with van der Waals surface area (Å²) in [6, 6.07) is 25.0. The van der Waals surface area contributed by atoms with Crippen molar-refractivity contribution in [3.63, 3.8) is 0 Å². The van der Waals surface area contributed by atoms with Crippen LogP contribution in [-0.2, 0) is 21.0 Å². The van der Waals surface area contributed by atoms with Crippen LogP contribution in [0.15, 0.2) is 96.6 Å². The highest BCUT2D eigenvalue weighted by Gasteiger charge is 2.36. The molecular weight excluding hydrogens is 598 g/mol. The van der Waals surface area contributed by atoms with Crippen molar-refractivity contribution in [2.24, 2.45) is 0 Å². The third kappa shape index (κ3) is 7.49. The van der Waals surface area contributed by atoms with Gasteiger partial charge in [0.25, 0.3) is 17.7 Å². The molecule has 0 bridgehead atoms. The molecule has 4 aromatic carbocycles. The van der Waals surface area contributed by atoms with E-state index in [1.54, 1.807) is 60.7 Å². The van der Waals surface area contributed by atoms with Crippen molar-refractivity contribution in [1.82, 2.24) is 5.32 Å². The molecule has 1 aliphatic rings. The Balaban J connectivity index is 1.26. The van der Waals surface area contributed by atoms with E-state index < -0.39 is 23.8 Å². The van der Waals surface area contributed by atoms with Gasteiger partial charge in [-0.3, -0.25) is 19.7 Å². The molecule has 11 heteroatoms. The number of hydrogen-bond acceptors (Lipinski definition) is 7. The number of benzene rings is 4. The second kappa shape index (κ2) is 13.8. The van der Waals surface area contributed by atoms with Crippen LogP contribution in [0.25, 0.3) is 6.08 Å². The summed E-state index contributed by atoms with van der Waals surface area (Å²) < 4.78 is 16.8. The maximum atomic E-state index is 13.4. The number of anilines is 2. The van der Waals surface area contributed by atoms with E-state index in [0.717, 1.165) is 16.0 Å². The molecule has 4 aromatic rings. The molecule has 0 aliphatic carbocycles. The smallest absolute Gasteiger partial charge is 0.335 e. The van der Waals surface area contributed by atoms with E-state index >= 15 is 0 Å². The highest BCUT2D eigenvalue weighted by molar-refractivity contribution is 6.39. The Labute approximate surface area is 264 Å². The minimum Gasteiger partial charge on any atom is -0.493 e. The first-order chi connectivity index (χ1) is 21.7. The molecular formula is C34H28ClN3O7. The Morgan fingerprint density at radius 3 is 2.38 bits per heavy atom. The van der Waals surface area contributed by atoms with E-state index in [0.29, 0.717) is 28.6 Å². The van der Waals surface area contributed by atoms with Crippen molar-refractivity contribution in [3.05, 3.63) is 118 Å². The monoisotopic (exact) mass is 625 g/mol. The molecule has 0 aromatic heterocycles. The number of nitrogens with one attached hydrogen (secondary N) is 2. The summed E-state index contributed by atoms with van der Waals surface area (Å²) in [5.74, 6) is -0.968. The fourth-order valence-electron chi connectivity index (χ4n) is 4.40. The lowest BCUT2D eigenvalue weighted by Crippen LogP contribution is -2.54. The maximum Gasteiger partial charge on any atom is 0.335 e. The second-order valence-electron chi connectivity index (χ2n) is 9.94. The standard InChI is InChI=1S/C34H28ClN3O7/c1-21-8-10-24(18-28(21)35)36-31(39)20-45-29-15-9-23(17-30(29)43-2)16-27-32(40)37-34(42)38(33(27)41)25-11-13-26(14-12-25)44-19-22-6-4-3-5-7-22/h3-18H,19-20H2,1-2H3,(H,36,39)(H,37,40,42)/b27-16-. The SMILES string of the molecule is COc1cc(/C=C2/C(=O)NC(=O)N(c3ccc(OCc4ccccc4)cc3)C2=O)ccc1OCC(=O)Nc1ccc(C)c(Cl)c1. The third-order valence-corrected chi connectivity index (χ3v) is 7.17. The number of urea groups is 1. The van der Waals surface area contributed by atoms with E-state index in [1.807, 2.05) is 37.3 Å². The summed E-state index contributed by atoms with van der Waals surface area (Å²) in [6.45, 7) is 1.90. The highest BCUT2D eigenvalue weighted by Crippen LogP contribution is 2.30. The van der Waals surface area contributed by atoms with Gasteiger partial charge in [0.2, 0.25) is 0 Å². The van der Waals surface area contributed by atoms with E-state index in [4.69, 9.17) is 25.8 Å². The Kier molecular flexibility index (Phi) is 9.45. The number of carbonyl (C=O) groups excluding carboxylic acids is 4. The van der Waals surface area contributed by atoms with Crippen LogP contribution < -0.4 is 29.7 Å². The van der Waals surface area contributed by atoms with Gasteiger partial charge in [0.15, 0.2) is 18.1 Å². The lowest BCUT2D eigenvalue weighted by atomic mass is 10.1. The van der Waals surface area contributed by atoms with Gasteiger partial charge in [-0.15, -0.1) is 0 Å². The van der Waals surface area contributed by atoms with Crippen LogP contribution in [0.4, 0.5) is 16.2 Å². The van der Waals surface area contributed by atoms with Gasteiger partial charge in [-0.05, 0) is 78.2 Å². The number of barbiturate groups is 1. The molecule has 0 atom stereocenters. The molecule has 0 saturated carbocycles. The average molecular weight is 626 g/mol. The number of halogens is 1. The third-order valence-electron chi connectivity index (χ3n) is 6.76. The van der Waals surface area contributed by atoms with Crippen molar-refractivity contribution in [3.8, 4) is 17.2 Å². The van der Waals surface area contributed by atoms with Crippen molar-refractivity contribution in [2.45, 2.75) is 13.5 Å². The molecule has 0 spiro atoms. The van der Waals surface area contributed by atoms with Gasteiger partial charge in [0.1, 0.15) is 17.9 Å². The summed E-state index contributed by atoms with van der Waals surface area (Å²) in [5.41, 5.74) is 2.84. The van der Waals surface area contributed by atoms with Gasteiger partial charge < -0.3 is 19.5 Å². The largest absolute Gasteiger partial charge is 0.493 e. The summed E-state index contributed by atoms with van der Waals surface area (Å²) in [5, 5.41) is 5.45. The van der Waals surface area contributed by atoms with Gasteiger partial charge in [-0.2, -0.15) is 0 Å². The molecule has 1 aliphatic heterocycles. The predicted octanol–water partition coefficient (Wildman–Crippen LogP) is 5.92. The number of rotatable bonds is 10. The molecule has 1 saturated heterocycles. The zero-order valence-corrected chi connectivity index (χ0v) is 25.1. The van der Waals surface area contributed by atoms with Crippen LogP contribution in [0.3, 0.4) is 0 Å². The number of nitrogens with zero attached hydrogens (tertiary/aromatic N) is 1. The van der Waals surface area contributed by atoms with Crippen LogP contribution in [0.5, 0.6) is 17.2 Å². The molecule has 2 N–H and O–H groups in total. The van der Waals surface area contributed by atoms with Gasteiger partial charge >= 0.3 is 6.03 Å². The quantitative estimate of drug-likeness (QED) is 0.166. The van der Waals surface area contributed by atoms with Crippen LogP contribution in [0.1, 0.15) is 16.7 Å². The molecule has 1 fully saturated rings. The summed E-state index contributed by atoms with van der Waals surface area (Å²) in [7, 11) is 1.42. The first kappa shape index (κ1) is 30.8. The van der Waals surface area contributed by atoms with Crippen molar-refractivity contribution >= 4 is 52.8 Å². The zero-order chi connectivity index (χ0) is 31.9. The zero-order valence-electron chi connectivity index (χ0n) is 24.3. The summed E-state index contributed by atoms with van der Waals surface area (Å²) >= 11 is 6.12. The van der Waals surface area contributed by atoms with Gasteiger partial charge in [0.05, 0.1) is 12.8 Å². The van der Waals surface area contributed by atoms with Crippen LogP contribution >= 0.6 is 11.6 Å². The number of carbonyl (C=O) groups is 4. The molecule has 45 heavy (non-hydrogen) atoms. The van der Waals surface area contributed by atoms with E-state index in [2.05, 4.69) is 10.6 Å². The topological polar surface area (TPSA) is 123 Å². The summed E-state index contributed by atoms with van der Waals surface area (Å²) in [4.78, 5) is 52.0. The molecule has 0 radical (unpaired) electrons. The normalized spacial score (nSPS) is 13.8.